The first-order valence-electron chi connectivity index (χ1n) is 8.80. The summed E-state index contributed by atoms with van der Waals surface area (Å²) in [6.07, 6.45) is 0. The second kappa shape index (κ2) is 7.96. The molecule has 1 aliphatic heterocycles. The fraction of sp³-hybridized carbons (Fsp3) is 0.200. The van der Waals surface area contributed by atoms with Crippen molar-refractivity contribution in [3.63, 3.8) is 0 Å². The first kappa shape index (κ1) is 19.0. The molecule has 1 aliphatic rings. The molecule has 29 heavy (non-hydrogen) atoms. The van der Waals surface area contributed by atoms with Gasteiger partial charge in [-0.15, -0.1) is 11.8 Å². The van der Waals surface area contributed by atoms with E-state index in [0.29, 0.717) is 28.4 Å². The number of ether oxygens (including phenoxy) is 2. The predicted octanol–water partition coefficient (Wildman–Crippen LogP) is 3.53. The van der Waals surface area contributed by atoms with Crippen LogP contribution in [0.15, 0.2) is 51.9 Å². The Bertz CT molecular complexity index is 1080. The van der Waals surface area contributed by atoms with Crippen molar-refractivity contribution >= 4 is 29.3 Å². The summed E-state index contributed by atoms with van der Waals surface area (Å²) in [6.45, 7) is 1.66. The molecule has 0 fully saturated rings. The van der Waals surface area contributed by atoms with E-state index in [2.05, 4.69) is 15.5 Å². The van der Waals surface area contributed by atoms with Crippen LogP contribution in [0.3, 0.4) is 0 Å². The molecule has 0 spiro atoms. The van der Waals surface area contributed by atoms with Crippen LogP contribution < -0.4 is 10.1 Å². The lowest BCUT2D eigenvalue weighted by Crippen LogP contribution is -2.26. The Morgan fingerprint density at radius 2 is 2.10 bits per heavy atom. The monoisotopic (exact) mass is 411 g/mol. The van der Waals surface area contributed by atoms with Gasteiger partial charge in [-0.2, -0.15) is 4.98 Å². The van der Waals surface area contributed by atoms with E-state index in [-0.39, 0.29) is 23.7 Å². The maximum Gasteiger partial charge on any atom is 0.338 e. The van der Waals surface area contributed by atoms with Gasteiger partial charge in [0.2, 0.25) is 11.7 Å². The number of hydrogen-bond donors (Lipinski definition) is 1. The third kappa shape index (κ3) is 3.95. The number of nitrogens with zero attached hydrogens (tertiary/aromatic N) is 2. The fourth-order valence-corrected chi connectivity index (χ4v) is 3.73. The van der Waals surface area contributed by atoms with Crippen molar-refractivity contribution in [2.75, 3.05) is 12.4 Å². The van der Waals surface area contributed by atoms with E-state index in [1.165, 1.54) is 11.8 Å². The van der Waals surface area contributed by atoms with Crippen molar-refractivity contribution < 1.29 is 23.6 Å². The number of amides is 1. The third-order valence-corrected chi connectivity index (χ3v) is 5.47. The van der Waals surface area contributed by atoms with E-state index in [1.54, 1.807) is 37.4 Å². The van der Waals surface area contributed by atoms with E-state index < -0.39 is 5.97 Å². The summed E-state index contributed by atoms with van der Waals surface area (Å²) in [5.41, 5.74) is 1.60. The zero-order chi connectivity index (χ0) is 20.4. The average molecular weight is 411 g/mol. The molecular formula is C20H17N3O5S. The number of fused-ring (bicyclic) bond motifs is 1. The Morgan fingerprint density at radius 1 is 1.28 bits per heavy atom. The van der Waals surface area contributed by atoms with Gasteiger partial charge in [0.05, 0.1) is 29.2 Å². The Labute approximate surface area is 170 Å². The SMILES string of the molecule is COc1ccccc1-c1noc(COC(=O)c2ccc3c(c2)NC(=O)[C@@H](C)S3)n1. The first-order valence-corrected chi connectivity index (χ1v) is 9.68. The van der Waals surface area contributed by atoms with E-state index in [9.17, 15) is 9.59 Å². The number of carbonyl (C=O) groups excluding carboxylic acids is 2. The molecule has 0 unspecified atom stereocenters. The van der Waals surface area contributed by atoms with Crippen molar-refractivity contribution in [2.45, 2.75) is 23.7 Å². The normalized spacial score (nSPS) is 15.4. The zero-order valence-corrected chi connectivity index (χ0v) is 16.5. The molecule has 1 amide bonds. The molecule has 8 nitrogen and oxygen atoms in total. The molecule has 0 bridgehead atoms. The van der Waals surface area contributed by atoms with Gasteiger partial charge in [-0.1, -0.05) is 17.3 Å². The minimum absolute atomic E-state index is 0.0947. The highest BCUT2D eigenvalue weighted by Gasteiger charge is 2.24. The number of carbonyl (C=O) groups is 2. The predicted molar refractivity (Wildman–Crippen MR) is 106 cm³/mol. The van der Waals surface area contributed by atoms with Gasteiger partial charge in [-0.05, 0) is 37.3 Å². The minimum atomic E-state index is -0.553. The molecular weight excluding hydrogens is 394 g/mol. The first-order chi connectivity index (χ1) is 14.0. The van der Waals surface area contributed by atoms with Crippen molar-refractivity contribution in [1.82, 2.24) is 10.1 Å². The van der Waals surface area contributed by atoms with Crippen LogP contribution in [0.25, 0.3) is 11.4 Å². The molecule has 1 aromatic heterocycles. The molecule has 0 radical (unpaired) electrons. The number of thioether (sulfide) groups is 1. The van der Waals surface area contributed by atoms with E-state index in [0.717, 1.165) is 4.90 Å². The molecule has 0 aliphatic carbocycles. The highest BCUT2D eigenvalue weighted by Crippen LogP contribution is 2.36. The average Bonchev–Trinajstić information content (AvgIpc) is 3.21. The summed E-state index contributed by atoms with van der Waals surface area (Å²) in [5, 5.41) is 6.53. The summed E-state index contributed by atoms with van der Waals surface area (Å²) in [4.78, 5) is 29.4. The Hall–Kier alpha value is -3.33. The minimum Gasteiger partial charge on any atom is -0.496 e. The highest BCUT2D eigenvalue weighted by molar-refractivity contribution is 8.00. The molecule has 0 saturated carbocycles. The van der Waals surface area contributed by atoms with Crippen molar-refractivity contribution in [3.8, 4) is 17.1 Å². The van der Waals surface area contributed by atoms with Crippen LogP contribution in [0.5, 0.6) is 5.75 Å². The molecule has 9 heteroatoms. The third-order valence-electron chi connectivity index (χ3n) is 4.29. The summed E-state index contributed by atoms with van der Waals surface area (Å²) >= 11 is 1.45. The number of para-hydroxylation sites is 1. The van der Waals surface area contributed by atoms with Gasteiger partial charge in [0.25, 0.3) is 5.89 Å². The molecule has 2 heterocycles. The fourth-order valence-electron chi connectivity index (χ4n) is 2.80. The highest BCUT2D eigenvalue weighted by atomic mass is 32.2. The molecule has 2 aromatic carbocycles. The second-order valence-electron chi connectivity index (χ2n) is 6.25. The smallest absolute Gasteiger partial charge is 0.338 e. The molecule has 3 aromatic rings. The van der Waals surface area contributed by atoms with Gasteiger partial charge in [0.1, 0.15) is 5.75 Å². The Balaban J connectivity index is 1.44. The number of benzene rings is 2. The molecule has 148 valence electrons. The number of nitrogens with one attached hydrogen (secondary N) is 1. The second-order valence-corrected chi connectivity index (χ2v) is 7.63. The van der Waals surface area contributed by atoms with Gasteiger partial charge >= 0.3 is 5.97 Å². The van der Waals surface area contributed by atoms with Crippen molar-refractivity contribution in [1.29, 1.82) is 0 Å². The van der Waals surface area contributed by atoms with Crippen molar-refractivity contribution in [2.24, 2.45) is 0 Å². The summed E-state index contributed by atoms with van der Waals surface area (Å²) in [7, 11) is 1.56. The lowest BCUT2D eigenvalue weighted by Gasteiger charge is -2.21. The van der Waals surface area contributed by atoms with Crippen LogP contribution in [0.2, 0.25) is 0 Å². The van der Waals surface area contributed by atoms with E-state index >= 15 is 0 Å². The quantitative estimate of drug-likeness (QED) is 0.636. The zero-order valence-electron chi connectivity index (χ0n) is 15.7. The number of methoxy groups -OCH3 is 1. The number of rotatable bonds is 5. The summed E-state index contributed by atoms with van der Waals surface area (Å²) in [5.74, 6) is 0.469. The van der Waals surface area contributed by atoms with Crippen LogP contribution in [-0.2, 0) is 16.1 Å². The van der Waals surface area contributed by atoms with Gasteiger partial charge in [-0.25, -0.2) is 4.79 Å². The molecule has 1 atom stereocenters. The van der Waals surface area contributed by atoms with Crippen LogP contribution in [0.1, 0.15) is 23.2 Å². The maximum atomic E-state index is 12.4. The van der Waals surface area contributed by atoms with E-state index in [4.69, 9.17) is 14.0 Å². The lowest BCUT2D eigenvalue weighted by atomic mass is 10.2. The summed E-state index contributed by atoms with van der Waals surface area (Å²) < 4.78 is 15.7. The van der Waals surface area contributed by atoms with Crippen LogP contribution >= 0.6 is 11.8 Å². The van der Waals surface area contributed by atoms with Crippen LogP contribution in [0, 0.1) is 0 Å². The molecule has 1 N–H and O–H groups in total. The molecule has 4 rings (SSSR count). The van der Waals surface area contributed by atoms with Crippen molar-refractivity contribution in [3.05, 3.63) is 53.9 Å². The Kier molecular flexibility index (Phi) is 5.22. The maximum absolute atomic E-state index is 12.4. The summed E-state index contributed by atoms with van der Waals surface area (Å²) in [6, 6.07) is 12.3. The topological polar surface area (TPSA) is 104 Å². The number of esters is 1. The lowest BCUT2D eigenvalue weighted by molar-refractivity contribution is -0.115. The molecule has 0 saturated heterocycles. The number of anilines is 1. The van der Waals surface area contributed by atoms with Crippen LogP contribution in [0.4, 0.5) is 5.69 Å². The van der Waals surface area contributed by atoms with Gasteiger partial charge in [0.15, 0.2) is 6.61 Å². The Morgan fingerprint density at radius 3 is 2.93 bits per heavy atom. The van der Waals surface area contributed by atoms with Gasteiger partial charge in [-0.3, -0.25) is 4.79 Å². The van der Waals surface area contributed by atoms with Gasteiger partial charge < -0.3 is 19.3 Å². The number of hydrogen-bond acceptors (Lipinski definition) is 8. The largest absolute Gasteiger partial charge is 0.496 e. The van der Waals surface area contributed by atoms with Gasteiger partial charge in [0, 0.05) is 4.90 Å². The van der Waals surface area contributed by atoms with Crippen LogP contribution in [-0.4, -0.2) is 34.4 Å². The standard InChI is InChI=1S/C20H17N3O5S/c1-11-19(24)21-14-9-12(7-8-16(14)29-11)20(25)27-10-17-22-18(23-28-17)13-5-3-4-6-15(13)26-2/h3-9,11H,10H2,1-2H3,(H,21,24)/t11-/m1/s1. The van der Waals surface area contributed by atoms with E-state index in [1.807, 2.05) is 19.1 Å². The number of aromatic nitrogens is 2.